The zero-order chi connectivity index (χ0) is 27.0. The second-order valence-corrected chi connectivity index (χ2v) is 11.9. The number of benzene rings is 2. The Bertz CT molecular complexity index is 1590. The zero-order valence-corrected chi connectivity index (χ0v) is 22.4. The molecule has 0 bridgehead atoms. The first-order chi connectivity index (χ1) is 18.2. The number of rotatable bonds is 7. The Kier molecular flexibility index (Phi) is 6.93. The van der Waals surface area contributed by atoms with Crippen molar-refractivity contribution in [1.82, 2.24) is 14.5 Å². The van der Waals surface area contributed by atoms with Gasteiger partial charge in [0.25, 0.3) is 10.0 Å². The molecule has 0 spiro atoms. The van der Waals surface area contributed by atoms with Crippen molar-refractivity contribution >= 4 is 54.9 Å². The van der Waals surface area contributed by atoms with Crippen LogP contribution in [0.25, 0.3) is 10.9 Å². The fourth-order valence-corrected chi connectivity index (χ4v) is 6.48. The van der Waals surface area contributed by atoms with Crippen molar-refractivity contribution < 1.29 is 23.8 Å². The molecule has 1 fully saturated rings. The number of nitrogens with one attached hydrogen (secondary N) is 1. The number of aromatic nitrogens is 2. The van der Waals surface area contributed by atoms with Gasteiger partial charge in [-0.25, -0.2) is 17.8 Å². The van der Waals surface area contributed by atoms with Crippen molar-refractivity contribution in [2.75, 3.05) is 29.3 Å². The number of hydrogen-bond acceptors (Lipinski definition) is 6. The van der Waals surface area contributed by atoms with Gasteiger partial charge >= 0.3 is 0 Å². The zero-order valence-electron chi connectivity index (χ0n) is 20.7. The number of carbonyl (C=O) groups excluding carboxylic acids is 2. The number of anilines is 2. The van der Waals surface area contributed by atoms with E-state index < -0.39 is 16.1 Å². The van der Waals surface area contributed by atoms with Gasteiger partial charge in [0.2, 0.25) is 11.8 Å². The van der Waals surface area contributed by atoms with Crippen LogP contribution in [0.2, 0.25) is 0 Å². The van der Waals surface area contributed by atoms with E-state index in [9.17, 15) is 22.4 Å². The monoisotopic (exact) mass is 557 g/mol. The van der Waals surface area contributed by atoms with Crippen LogP contribution in [0.4, 0.5) is 15.2 Å². The summed E-state index contributed by atoms with van der Waals surface area (Å²) in [5.41, 5.74) is 1.17. The van der Waals surface area contributed by atoms with E-state index in [1.54, 1.807) is 51.4 Å². The van der Waals surface area contributed by atoms with E-state index in [-0.39, 0.29) is 48.1 Å². The van der Waals surface area contributed by atoms with Crippen LogP contribution in [0.15, 0.2) is 71.2 Å². The van der Waals surface area contributed by atoms with Gasteiger partial charge in [0.05, 0.1) is 10.4 Å². The Labute approximate surface area is 225 Å². The topological polar surface area (TPSA) is 105 Å². The van der Waals surface area contributed by atoms with Crippen LogP contribution in [0.5, 0.6) is 0 Å². The number of piperazine rings is 1. The third-order valence-corrected chi connectivity index (χ3v) is 8.71. The summed E-state index contributed by atoms with van der Waals surface area (Å²) in [4.78, 5) is 33.7. The van der Waals surface area contributed by atoms with Crippen molar-refractivity contribution in [3.8, 4) is 0 Å². The van der Waals surface area contributed by atoms with E-state index in [1.807, 2.05) is 13.8 Å². The van der Waals surface area contributed by atoms with Gasteiger partial charge < -0.3 is 14.4 Å². The number of halogens is 1. The highest BCUT2D eigenvalue weighted by Gasteiger charge is 2.34. The normalized spacial score (nSPS) is 15.3. The second-order valence-electron chi connectivity index (χ2n) is 9.33. The number of amides is 2. The first-order valence-corrected chi connectivity index (χ1v) is 14.4. The molecular weight excluding hydrogens is 529 g/mol. The fraction of sp³-hybridized carbons (Fsp3) is 0.269. The lowest BCUT2D eigenvalue weighted by Crippen LogP contribution is -2.54. The summed E-state index contributed by atoms with van der Waals surface area (Å²) in [5.74, 6) is -0.920. The maximum Gasteiger partial charge on any atom is 0.263 e. The van der Waals surface area contributed by atoms with Crippen LogP contribution in [-0.2, 0) is 19.6 Å². The molecule has 38 heavy (non-hydrogen) atoms. The van der Waals surface area contributed by atoms with Crippen LogP contribution in [0.3, 0.4) is 0 Å². The smallest absolute Gasteiger partial charge is 0.263 e. The molecule has 1 aliphatic rings. The molecule has 5 rings (SSSR count). The molecule has 0 unspecified atom stereocenters. The molecule has 0 saturated carbocycles. The van der Waals surface area contributed by atoms with E-state index in [0.717, 1.165) is 0 Å². The van der Waals surface area contributed by atoms with Crippen molar-refractivity contribution in [3.05, 3.63) is 72.1 Å². The minimum absolute atomic E-state index is 0. The van der Waals surface area contributed by atoms with Gasteiger partial charge in [-0.05, 0) is 48.4 Å². The summed E-state index contributed by atoms with van der Waals surface area (Å²) in [6.07, 6.45) is 3.22. The number of thiazole rings is 1. The first kappa shape index (κ1) is 25.9. The third kappa shape index (κ3) is 4.88. The summed E-state index contributed by atoms with van der Waals surface area (Å²) in [7, 11) is -3.81. The Morgan fingerprint density at radius 2 is 1.89 bits per heavy atom. The van der Waals surface area contributed by atoms with Crippen LogP contribution < -0.4 is 9.62 Å². The van der Waals surface area contributed by atoms with Crippen molar-refractivity contribution in [3.63, 3.8) is 0 Å². The van der Waals surface area contributed by atoms with Crippen LogP contribution in [-0.4, -0.2) is 54.3 Å². The van der Waals surface area contributed by atoms with Crippen molar-refractivity contribution in [2.45, 2.75) is 24.8 Å². The molecule has 2 aromatic carbocycles. The molecule has 1 atom stereocenters. The standard InChI is InChI=1S/C26H26FN5O4S2.H2/c1-17(2)24(32-12-10-20-21(27)4-3-5-22(20)32)25(34)30-13-14-31(23(33)16-30)18-6-8-19(9-7-18)38(35,36)29-26-28-11-15-37-26;/h3-12,15,17,24H,13-14,16H2,1-2H3,(H,28,29);1H/t24-;/m1./s1. The quantitative estimate of drug-likeness (QED) is 0.364. The van der Waals surface area contributed by atoms with E-state index in [4.69, 9.17) is 0 Å². The van der Waals surface area contributed by atoms with Gasteiger partial charge in [-0.3, -0.25) is 14.3 Å². The molecule has 4 aromatic rings. The van der Waals surface area contributed by atoms with Crippen LogP contribution >= 0.6 is 11.3 Å². The Morgan fingerprint density at radius 3 is 2.55 bits per heavy atom. The highest BCUT2D eigenvalue weighted by molar-refractivity contribution is 7.93. The molecule has 0 aliphatic carbocycles. The van der Waals surface area contributed by atoms with Gasteiger partial charge in [0.15, 0.2) is 5.13 Å². The Hall–Kier alpha value is -3.77. The predicted molar refractivity (Wildman–Crippen MR) is 146 cm³/mol. The third-order valence-electron chi connectivity index (χ3n) is 6.54. The molecule has 2 amide bonds. The Morgan fingerprint density at radius 1 is 1.13 bits per heavy atom. The molecule has 12 heteroatoms. The minimum Gasteiger partial charge on any atom is -0.335 e. The average molecular weight is 558 g/mol. The average Bonchev–Trinajstić information content (AvgIpc) is 3.55. The maximum absolute atomic E-state index is 14.3. The summed E-state index contributed by atoms with van der Waals surface area (Å²) in [6, 6.07) is 11.9. The lowest BCUT2D eigenvalue weighted by molar-refractivity contribution is -0.140. The second kappa shape index (κ2) is 10.2. The van der Waals surface area contributed by atoms with Crippen LogP contribution in [0, 0.1) is 11.7 Å². The largest absolute Gasteiger partial charge is 0.335 e. The molecule has 0 radical (unpaired) electrons. The lowest BCUT2D eigenvalue weighted by atomic mass is 10.0. The van der Waals surface area contributed by atoms with Crippen molar-refractivity contribution in [1.29, 1.82) is 0 Å². The first-order valence-electron chi connectivity index (χ1n) is 12.0. The molecule has 1 saturated heterocycles. The predicted octanol–water partition coefficient (Wildman–Crippen LogP) is 4.36. The summed E-state index contributed by atoms with van der Waals surface area (Å²) in [5, 5.41) is 2.38. The van der Waals surface area contributed by atoms with E-state index in [0.29, 0.717) is 23.1 Å². The SMILES string of the molecule is CC(C)[C@H](C(=O)N1CCN(c2ccc(S(=O)(=O)Nc3nccs3)cc2)C(=O)C1)n1ccc2c(F)cccc21.[HH]. The van der Waals surface area contributed by atoms with Gasteiger partial charge in [-0.15, -0.1) is 11.3 Å². The molecule has 200 valence electrons. The fourth-order valence-electron chi connectivity index (χ4n) is 4.69. The highest BCUT2D eigenvalue weighted by Crippen LogP contribution is 2.29. The van der Waals surface area contributed by atoms with E-state index in [1.165, 1.54) is 40.6 Å². The molecular formula is C26H28FN5O4S2. The number of nitrogens with zero attached hydrogens (tertiary/aromatic N) is 4. The minimum atomic E-state index is -3.81. The van der Waals surface area contributed by atoms with Gasteiger partial charge in [0, 0.05) is 43.4 Å². The van der Waals surface area contributed by atoms with E-state index in [2.05, 4.69) is 9.71 Å². The molecule has 3 heterocycles. The Balaban J connectivity index is 0.00000353. The van der Waals surface area contributed by atoms with Gasteiger partial charge in [0.1, 0.15) is 18.4 Å². The molecule has 2 aromatic heterocycles. The van der Waals surface area contributed by atoms with Gasteiger partial charge in [-0.2, -0.15) is 0 Å². The summed E-state index contributed by atoms with van der Waals surface area (Å²) in [6.45, 7) is 4.31. The summed E-state index contributed by atoms with van der Waals surface area (Å²) >= 11 is 1.17. The maximum atomic E-state index is 14.3. The number of carbonyl (C=O) groups is 2. The highest BCUT2D eigenvalue weighted by atomic mass is 32.2. The van der Waals surface area contributed by atoms with Gasteiger partial charge in [-0.1, -0.05) is 19.9 Å². The van der Waals surface area contributed by atoms with E-state index >= 15 is 0 Å². The molecule has 1 aliphatic heterocycles. The molecule has 1 N–H and O–H groups in total. The lowest BCUT2D eigenvalue weighted by Gasteiger charge is -2.37. The van der Waals surface area contributed by atoms with Crippen LogP contribution in [0.1, 0.15) is 21.3 Å². The number of fused-ring (bicyclic) bond motifs is 1. The number of hydrogen-bond donors (Lipinski definition) is 1. The summed E-state index contributed by atoms with van der Waals surface area (Å²) < 4.78 is 43.6. The molecule has 9 nitrogen and oxygen atoms in total. The number of sulfonamides is 1. The van der Waals surface area contributed by atoms with Crippen molar-refractivity contribution in [2.24, 2.45) is 5.92 Å².